The lowest BCUT2D eigenvalue weighted by Crippen LogP contribution is -2.49. The molecule has 5 heteroatoms. The molecule has 0 spiro atoms. The third-order valence-electron chi connectivity index (χ3n) is 3.46. The first-order valence-corrected chi connectivity index (χ1v) is 6.73. The highest BCUT2D eigenvalue weighted by Crippen LogP contribution is 2.21. The third kappa shape index (κ3) is 3.89. The lowest BCUT2D eigenvalue weighted by atomic mass is 9.95. The molecule has 18 heavy (non-hydrogen) atoms. The van der Waals surface area contributed by atoms with Crippen molar-refractivity contribution < 1.29 is 14.7 Å². The normalized spacial score (nSPS) is 20.0. The number of carbonyl (C=O) groups excluding carboxylic acids is 1. The summed E-state index contributed by atoms with van der Waals surface area (Å²) in [5, 5.41) is 8.82. The zero-order valence-electron chi connectivity index (χ0n) is 11.6. The van der Waals surface area contributed by atoms with Crippen LogP contribution in [0, 0.1) is 5.92 Å². The van der Waals surface area contributed by atoms with Crippen LogP contribution in [0.2, 0.25) is 0 Å². The molecule has 1 fully saturated rings. The van der Waals surface area contributed by atoms with Gasteiger partial charge in [-0.15, -0.1) is 0 Å². The van der Waals surface area contributed by atoms with Crippen LogP contribution in [0.4, 0.5) is 4.79 Å². The highest BCUT2D eigenvalue weighted by molar-refractivity contribution is 5.75. The standard InChI is InChI=1S/C13H24N2O3/c1-4-15(10(2)3)13(18)14-7-5-6-11(9-14)8-12(16)17/h10-11H,4-9H2,1-3H3,(H,16,17). The number of nitrogens with zero attached hydrogens (tertiary/aromatic N) is 2. The number of rotatable bonds is 4. The highest BCUT2D eigenvalue weighted by Gasteiger charge is 2.28. The highest BCUT2D eigenvalue weighted by atomic mass is 16.4. The van der Waals surface area contributed by atoms with E-state index in [0.29, 0.717) is 13.1 Å². The molecule has 2 amide bonds. The number of hydrogen-bond donors (Lipinski definition) is 1. The molecule has 0 radical (unpaired) electrons. The predicted molar refractivity (Wildman–Crippen MR) is 69.5 cm³/mol. The van der Waals surface area contributed by atoms with Gasteiger partial charge in [0.05, 0.1) is 0 Å². The van der Waals surface area contributed by atoms with Crippen molar-refractivity contribution in [1.29, 1.82) is 0 Å². The van der Waals surface area contributed by atoms with Crippen LogP contribution < -0.4 is 0 Å². The van der Waals surface area contributed by atoms with Gasteiger partial charge < -0.3 is 14.9 Å². The Labute approximate surface area is 109 Å². The molecule has 0 saturated carbocycles. The molecular formula is C13H24N2O3. The van der Waals surface area contributed by atoms with E-state index in [0.717, 1.165) is 19.4 Å². The third-order valence-corrected chi connectivity index (χ3v) is 3.46. The summed E-state index contributed by atoms with van der Waals surface area (Å²) in [7, 11) is 0. The van der Waals surface area contributed by atoms with E-state index in [1.54, 1.807) is 4.90 Å². The lowest BCUT2D eigenvalue weighted by Gasteiger charge is -2.37. The smallest absolute Gasteiger partial charge is 0.320 e. The van der Waals surface area contributed by atoms with E-state index in [2.05, 4.69) is 0 Å². The van der Waals surface area contributed by atoms with Crippen molar-refractivity contribution in [2.45, 2.75) is 46.1 Å². The number of amides is 2. The van der Waals surface area contributed by atoms with Crippen molar-refractivity contribution in [3.05, 3.63) is 0 Å². The maximum atomic E-state index is 12.3. The van der Waals surface area contributed by atoms with Crippen molar-refractivity contribution in [1.82, 2.24) is 9.80 Å². The summed E-state index contributed by atoms with van der Waals surface area (Å²) in [6, 6.07) is 0.227. The monoisotopic (exact) mass is 256 g/mol. The molecule has 0 aliphatic carbocycles. The van der Waals surface area contributed by atoms with E-state index in [4.69, 9.17) is 5.11 Å². The van der Waals surface area contributed by atoms with Gasteiger partial charge in [0.25, 0.3) is 0 Å². The molecule has 1 saturated heterocycles. The number of aliphatic carboxylic acids is 1. The van der Waals surface area contributed by atoms with Crippen molar-refractivity contribution in [2.75, 3.05) is 19.6 Å². The first kappa shape index (κ1) is 14.8. The molecule has 1 rings (SSSR count). The van der Waals surface area contributed by atoms with E-state index >= 15 is 0 Å². The molecule has 1 N–H and O–H groups in total. The Balaban J connectivity index is 2.60. The molecule has 0 aromatic heterocycles. The summed E-state index contributed by atoms with van der Waals surface area (Å²) in [5.41, 5.74) is 0. The molecule has 1 unspecified atom stereocenters. The quantitative estimate of drug-likeness (QED) is 0.837. The number of carboxylic acid groups (broad SMARTS) is 1. The van der Waals surface area contributed by atoms with Crippen molar-refractivity contribution in [3.8, 4) is 0 Å². The fourth-order valence-corrected chi connectivity index (χ4v) is 2.56. The van der Waals surface area contributed by atoms with E-state index < -0.39 is 5.97 Å². The van der Waals surface area contributed by atoms with Crippen LogP contribution >= 0.6 is 0 Å². The molecule has 1 atom stereocenters. The second kappa shape index (κ2) is 6.61. The van der Waals surface area contributed by atoms with Gasteiger partial charge in [0.1, 0.15) is 0 Å². The van der Waals surface area contributed by atoms with Crippen LogP contribution in [0.3, 0.4) is 0 Å². The minimum absolute atomic E-state index is 0.0441. The van der Waals surface area contributed by atoms with Crippen LogP contribution in [0.15, 0.2) is 0 Å². The topological polar surface area (TPSA) is 60.9 Å². The van der Waals surface area contributed by atoms with Crippen LogP contribution in [-0.2, 0) is 4.79 Å². The Hall–Kier alpha value is -1.26. The minimum Gasteiger partial charge on any atom is -0.481 e. The maximum absolute atomic E-state index is 12.3. The Bertz CT molecular complexity index is 305. The zero-order chi connectivity index (χ0) is 13.7. The van der Waals surface area contributed by atoms with Gasteiger partial charge in [0.2, 0.25) is 0 Å². The van der Waals surface area contributed by atoms with Crippen LogP contribution in [-0.4, -0.2) is 52.6 Å². The van der Waals surface area contributed by atoms with Crippen molar-refractivity contribution >= 4 is 12.0 Å². The molecule has 5 nitrogen and oxygen atoms in total. The van der Waals surface area contributed by atoms with Gasteiger partial charge in [0.15, 0.2) is 0 Å². The van der Waals surface area contributed by atoms with Gasteiger partial charge in [-0.25, -0.2) is 4.79 Å². The van der Waals surface area contributed by atoms with Crippen LogP contribution in [0.25, 0.3) is 0 Å². The zero-order valence-corrected chi connectivity index (χ0v) is 11.6. The number of urea groups is 1. The molecule has 1 aliphatic heterocycles. The van der Waals surface area contributed by atoms with E-state index in [1.165, 1.54) is 0 Å². The molecule has 0 aromatic carbocycles. The summed E-state index contributed by atoms with van der Waals surface area (Å²) in [6.45, 7) is 7.99. The van der Waals surface area contributed by atoms with Gasteiger partial charge in [0, 0.05) is 32.1 Å². The molecule has 0 bridgehead atoms. The minimum atomic E-state index is -0.773. The fourth-order valence-electron chi connectivity index (χ4n) is 2.56. The Morgan fingerprint density at radius 3 is 2.61 bits per heavy atom. The van der Waals surface area contributed by atoms with Gasteiger partial charge in [-0.2, -0.15) is 0 Å². The lowest BCUT2D eigenvalue weighted by molar-refractivity contribution is -0.138. The van der Waals surface area contributed by atoms with Crippen molar-refractivity contribution in [3.63, 3.8) is 0 Å². The second-order valence-corrected chi connectivity index (χ2v) is 5.21. The number of carbonyl (C=O) groups is 2. The van der Waals surface area contributed by atoms with Gasteiger partial charge in [-0.1, -0.05) is 0 Å². The predicted octanol–water partition coefficient (Wildman–Crippen LogP) is 2.02. The molecule has 104 valence electrons. The first-order valence-electron chi connectivity index (χ1n) is 6.73. The summed E-state index contributed by atoms with van der Waals surface area (Å²) in [6.07, 6.45) is 1.97. The summed E-state index contributed by atoms with van der Waals surface area (Å²) in [4.78, 5) is 26.7. The SMILES string of the molecule is CCN(C(=O)N1CCCC(CC(=O)O)C1)C(C)C. The van der Waals surface area contributed by atoms with Gasteiger partial charge in [-0.05, 0) is 39.5 Å². The number of hydrogen-bond acceptors (Lipinski definition) is 2. The average Bonchev–Trinajstić information content (AvgIpc) is 2.28. The number of carboxylic acids is 1. The van der Waals surface area contributed by atoms with E-state index in [1.807, 2.05) is 25.7 Å². The average molecular weight is 256 g/mol. The van der Waals surface area contributed by atoms with Crippen LogP contribution in [0.5, 0.6) is 0 Å². The van der Waals surface area contributed by atoms with E-state index in [9.17, 15) is 9.59 Å². The second-order valence-electron chi connectivity index (χ2n) is 5.21. The molecule has 0 aromatic rings. The molecule has 1 heterocycles. The largest absolute Gasteiger partial charge is 0.481 e. The first-order chi connectivity index (χ1) is 8.45. The van der Waals surface area contributed by atoms with Crippen LogP contribution in [0.1, 0.15) is 40.0 Å². The Kier molecular flexibility index (Phi) is 5.44. The van der Waals surface area contributed by atoms with Crippen molar-refractivity contribution in [2.24, 2.45) is 5.92 Å². The summed E-state index contributed by atoms with van der Waals surface area (Å²) < 4.78 is 0. The van der Waals surface area contributed by atoms with Gasteiger partial charge in [-0.3, -0.25) is 4.79 Å². The van der Waals surface area contributed by atoms with Gasteiger partial charge >= 0.3 is 12.0 Å². The number of piperidine rings is 1. The molecule has 1 aliphatic rings. The fraction of sp³-hybridized carbons (Fsp3) is 0.846. The molecular weight excluding hydrogens is 232 g/mol. The maximum Gasteiger partial charge on any atom is 0.320 e. The summed E-state index contributed by atoms with van der Waals surface area (Å²) >= 11 is 0. The Morgan fingerprint density at radius 1 is 1.44 bits per heavy atom. The summed E-state index contributed by atoms with van der Waals surface area (Å²) in [5.74, 6) is -0.670. The van der Waals surface area contributed by atoms with E-state index in [-0.39, 0.29) is 24.4 Å². The number of likely N-dealkylation sites (tertiary alicyclic amines) is 1. The Morgan fingerprint density at radius 2 is 2.11 bits per heavy atom.